The number of carbonyl (C=O) groups is 2. The van der Waals surface area contributed by atoms with Crippen molar-refractivity contribution in [2.24, 2.45) is 0 Å². The molecule has 170 valence electrons. The highest BCUT2D eigenvalue weighted by molar-refractivity contribution is 5.94. The first-order valence-corrected chi connectivity index (χ1v) is 11.2. The molecule has 0 aliphatic carbocycles. The summed E-state index contributed by atoms with van der Waals surface area (Å²) in [6, 6.07) is 13.4. The summed E-state index contributed by atoms with van der Waals surface area (Å²) in [5.41, 5.74) is 2.36. The summed E-state index contributed by atoms with van der Waals surface area (Å²) in [5.74, 6) is -0.355. The molecule has 0 radical (unpaired) electrons. The lowest BCUT2D eigenvalue weighted by atomic mass is 10.1. The Morgan fingerprint density at radius 2 is 1.53 bits per heavy atom. The Balaban J connectivity index is 1.30. The monoisotopic (exact) mass is 439 g/mol. The van der Waals surface area contributed by atoms with Crippen LogP contribution in [-0.2, 0) is 4.74 Å². The van der Waals surface area contributed by atoms with Gasteiger partial charge in [-0.3, -0.25) is 14.5 Å². The number of hydrogen-bond acceptors (Lipinski definition) is 4. The van der Waals surface area contributed by atoms with Crippen LogP contribution in [0.25, 0.3) is 0 Å². The molecule has 0 spiro atoms. The van der Waals surface area contributed by atoms with Crippen LogP contribution in [0.1, 0.15) is 32.7 Å². The fraction of sp³-hybridized carbons (Fsp3) is 0.440. The van der Waals surface area contributed by atoms with E-state index in [0.29, 0.717) is 43.9 Å². The van der Waals surface area contributed by atoms with Gasteiger partial charge in [-0.2, -0.15) is 0 Å². The molecule has 4 rings (SSSR count). The summed E-state index contributed by atoms with van der Waals surface area (Å²) < 4.78 is 19.1. The van der Waals surface area contributed by atoms with Crippen molar-refractivity contribution in [3.05, 3.63) is 71.0 Å². The molecule has 0 N–H and O–H groups in total. The zero-order valence-corrected chi connectivity index (χ0v) is 18.5. The standard InChI is InChI=1S/C25H30FN3O3/c1-19-3-5-20(6-4-19)25(31)29-15-16-32-23(18-29)17-27-11-2-12-28(14-13-27)24(30)21-7-9-22(26)10-8-21/h3-10,23H,2,11-18H2,1H3. The number of morpholine rings is 1. The van der Waals surface area contributed by atoms with E-state index >= 15 is 0 Å². The first-order chi connectivity index (χ1) is 15.5. The van der Waals surface area contributed by atoms with E-state index in [9.17, 15) is 14.0 Å². The summed E-state index contributed by atoms with van der Waals surface area (Å²) in [5, 5.41) is 0. The predicted molar refractivity (Wildman–Crippen MR) is 120 cm³/mol. The maximum atomic E-state index is 13.2. The van der Waals surface area contributed by atoms with Crippen LogP contribution in [0.2, 0.25) is 0 Å². The van der Waals surface area contributed by atoms with Gasteiger partial charge in [0.25, 0.3) is 11.8 Å². The van der Waals surface area contributed by atoms with Gasteiger partial charge in [-0.05, 0) is 56.3 Å². The molecule has 2 aromatic carbocycles. The number of halogens is 1. The van der Waals surface area contributed by atoms with E-state index in [2.05, 4.69) is 4.90 Å². The number of hydrogen-bond donors (Lipinski definition) is 0. The SMILES string of the molecule is Cc1ccc(C(=O)N2CCOC(CN3CCCN(C(=O)c4ccc(F)cc4)CC3)C2)cc1. The molecule has 32 heavy (non-hydrogen) atoms. The zero-order valence-electron chi connectivity index (χ0n) is 18.5. The molecule has 1 unspecified atom stereocenters. The van der Waals surface area contributed by atoms with Crippen molar-refractivity contribution in [3.63, 3.8) is 0 Å². The van der Waals surface area contributed by atoms with Crippen molar-refractivity contribution < 1.29 is 18.7 Å². The van der Waals surface area contributed by atoms with Crippen LogP contribution in [0.3, 0.4) is 0 Å². The van der Waals surface area contributed by atoms with Crippen LogP contribution in [0.15, 0.2) is 48.5 Å². The van der Waals surface area contributed by atoms with E-state index in [-0.39, 0.29) is 23.7 Å². The number of carbonyl (C=O) groups excluding carboxylic acids is 2. The summed E-state index contributed by atoms with van der Waals surface area (Å²) in [6.45, 7) is 7.36. The second-order valence-electron chi connectivity index (χ2n) is 8.56. The van der Waals surface area contributed by atoms with Gasteiger partial charge in [0.05, 0.1) is 12.7 Å². The minimum atomic E-state index is -0.342. The molecule has 2 aliphatic heterocycles. The average molecular weight is 440 g/mol. The third-order valence-corrected chi connectivity index (χ3v) is 6.15. The van der Waals surface area contributed by atoms with Gasteiger partial charge in [0.2, 0.25) is 0 Å². The van der Waals surface area contributed by atoms with Crippen LogP contribution in [-0.4, -0.2) is 85.0 Å². The lowest BCUT2D eigenvalue weighted by Crippen LogP contribution is -2.50. The highest BCUT2D eigenvalue weighted by Crippen LogP contribution is 2.15. The third-order valence-electron chi connectivity index (χ3n) is 6.15. The maximum Gasteiger partial charge on any atom is 0.254 e. The van der Waals surface area contributed by atoms with Crippen LogP contribution in [0, 0.1) is 12.7 Å². The maximum absolute atomic E-state index is 13.2. The second kappa shape index (κ2) is 10.2. The topological polar surface area (TPSA) is 53.1 Å². The van der Waals surface area contributed by atoms with Gasteiger partial charge in [0.15, 0.2) is 0 Å². The van der Waals surface area contributed by atoms with E-state index in [0.717, 1.165) is 31.6 Å². The molecule has 2 fully saturated rings. The van der Waals surface area contributed by atoms with Crippen LogP contribution >= 0.6 is 0 Å². The Bertz CT molecular complexity index is 932. The summed E-state index contributed by atoms with van der Waals surface area (Å²) >= 11 is 0. The molecule has 2 saturated heterocycles. The molecular formula is C25H30FN3O3. The zero-order chi connectivity index (χ0) is 22.5. The van der Waals surface area contributed by atoms with Crippen LogP contribution in [0.5, 0.6) is 0 Å². The summed E-state index contributed by atoms with van der Waals surface area (Å²) in [4.78, 5) is 31.6. The molecule has 2 amide bonds. The van der Waals surface area contributed by atoms with E-state index in [1.807, 2.05) is 41.0 Å². The van der Waals surface area contributed by atoms with Crippen LogP contribution < -0.4 is 0 Å². The van der Waals surface area contributed by atoms with Crippen molar-refractivity contribution in [1.29, 1.82) is 0 Å². The molecule has 7 heteroatoms. The molecular weight excluding hydrogens is 409 g/mol. The molecule has 0 aromatic heterocycles. The number of rotatable bonds is 4. The Morgan fingerprint density at radius 3 is 2.25 bits per heavy atom. The average Bonchev–Trinajstić information content (AvgIpc) is 3.05. The Kier molecular flexibility index (Phi) is 7.17. The quantitative estimate of drug-likeness (QED) is 0.735. The van der Waals surface area contributed by atoms with E-state index in [1.165, 1.54) is 24.3 Å². The minimum Gasteiger partial charge on any atom is -0.373 e. The Morgan fingerprint density at radius 1 is 0.875 bits per heavy atom. The van der Waals surface area contributed by atoms with Gasteiger partial charge in [-0.25, -0.2) is 4.39 Å². The Labute approximate surface area is 188 Å². The Hall–Kier alpha value is -2.77. The molecule has 2 aliphatic rings. The number of nitrogens with zero attached hydrogens (tertiary/aromatic N) is 3. The van der Waals surface area contributed by atoms with E-state index in [4.69, 9.17) is 4.74 Å². The molecule has 2 aromatic rings. The summed E-state index contributed by atoms with van der Waals surface area (Å²) in [6.07, 6.45) is 0.823. The van der Waals surface area contributed by atoms with E-state index < -0.39 is 0 Å². The van der Waals surface area contributed by atoms with Gasteiger partial charge in [0.1, 0.15) is 5.82 Å². The second-order valence-corrected chi connectivity index (χ2v) is 8.56. The number of ether oxygens (including phenoxy) is 1. The molecule has 1 atom stereocenters. The molecule has 6 nitrogen and oxygen atoms in total. The molecule has 0 bridgehead atoms. The minimum absolute atomic E-state index is 0.0440. The number of amides is 2. The first-order valence-electron chi connectivity index (χ1n) is 11.2. The summed E-state index contributed by atoms with van der Waals surface area (Å²) in [7, 11) is 0. The molecule has 2 heterocycles. The van der Waals surface area contributed by atoms with Crippen LogP contribution in [0.4, 0.5) is 4.39 Å². The normalized spacial score (nSPS) is 20.1. The van der Waals surface area contributed by atoms with E-state index in [1.54, 1.807) is 0 Å². The van der Waals surface area contributed by atoms with Gasteiger partial charge >= 0.3 is 0 Å². The predicted octanol–water partition coefficient (Wildman–Crippen LogP) is 2.82. The number of benzene rings is 2. The largest absolute Gasteiger partial charge is 0.373 e. The first kappa shape index (κ1) is 22.4. The van der Waals surface area contributed by atoms with Gasteiger partial charge in [-0.15, -0.1) is 0 Å². The third kappa shape index (κ3) is 5.53. The van der Waals surface area contributed by atoms with Gasteiger partial charge in [-0.1, -0.05) is 17.7 Å². The van der Waals surface area contributed by atoms with Crippen molar-refractivity contribution >= 4 is 11.8 Å². The molecule has 0 saturated carbocycles. The lowest BCUT2D eigenvalue weighted by Gasteiger charge is -2.35. The van der Waals surface area contributed by atoms with Gasteiger partial charge < -0.3 is 14.5 Å². The van der Waals surface area contributed by atoms with Crippen molar-refractivity contribution in [2.45, 2.75) is 19.4 Å². The smallest absolute Gasteiger partial charge is 0.254 e. The highest BCUT2D eigenvalue weighted by Gasteiger charge is 2.28. The van der Waals surface area contributed by atoms with Crippen molar-refractivity contribution in [1.82, 2.24) is 14.7 Å². The fourth-order valence-electron chi connectivity index (χ4n) is 4.31. The van der Waals surface area contributed by atoms with Gasteiger partial charge in [0, 0.05) is 50.4 Å². The number of aryl methyl sites for hydroxylation is 1. The lowest BCUT2D eigenvalue weighted by molar-refractivity contribution is -0.0353. The van der Waals surface area contributed by atoms with Crippen molar-refractivity contribution in [3.8, 4) is 0 Å². The van der Waals surface area contributed by atoms with Crippen molar-refractivity contribution in [2.75, 3.05) is 52.4 Å². The highest BCUT2D eigenvalue weighted by atomic mass is 19.1. The fourth-order valence-corrected chi connectivity index (χ4v) is 4.31.